The van der Waals surface area contributed by atoms with Crippen LogP contribution in [0.25, 0.3) is 22.4 Å². The Morgan fingerprint density at radius 2 is 1.98 bits per heavy atom. The monoisotopic (exact) mass is 603 g/mol. The summed E-state index contributed by atoms with van der Waals surface area (Å²) in [7, 11) is 1.85. The number of nitrogens with one attached hydrogen (secondary N) is 2. The first kappa shape index (κ1) is 29.2. The molecule has 1 amide bonds. The van der Waals surface area contributed by atoms with Crippen LogP contribution in [-0.4, -0.2) is 81.8 Å². The van der Waals surface area contributed by atoms with Crippen molar-refractivity contribution in [2.75, 3.05) is 38.7 Å². The van der Waals surface area contributed by atoms with Crippen molar-refractivity contribution in [1.82, 2.24) is 29.5 Å². The van der Waals surface area contributed by atoms with Crippen LogP contribution in [0.4, 0.5) is 23.2 Å². The molecule has 1 aromatic carbocycles. The Balaban J connectivity index is 1.21. The maximum absolute atomic E-state index is 14.8. The van der Waals surface area contributed by atoms with Gasteiger partial charge in [-0.1, -0.05) is 11.2 Å². The number of nitrogens with zero attached hydrogens (tertiary/aromatic N) is 5. The number of piperidine rings is 1. The topological polar surface area (TPSA) is 102 Å². The number of anilines is 1. The fourth-order valence-corrected chi connectivity index (χ4v) is 5.81. The second-order valence-corrected chi connectivity index (χ2v) is 11.2. The number of halogens is 4. The molecule has 0 aliphatic carbocycles. The standard InChI is InChI=1S/C29H33F4N7O3/c1-38-9-6-23(21(30)16-38)35-22-3-2-4-24-20(22)13-25(40(24)17-29(31,32)33)27-36-26(43-37-27)14-34-28(41)18-5-10-39(15-18)19-7-11-42-12-8-19/h2-5,10,13,15,19,21,23,35H,6-9,11-12,14,16-17H2,1H3,(H,34,41)/t21-,23+/m0/s1. The number of fused-ring (bicyclic) bond motifs is 1. The van der Waals surface area contributed by atoms with E-state index in [0.29, 0.717) is 48.3 Å². The van der Waals surface area contributed by atoms with Crippen LogP contribution < -0.4 is 10.6 Å². The Hall–Kier alpha value is -3.91. The molecule has 0 saturated carbocycles. The van der Waals surface area contributed by atoms with Gasteiger partial charge in [0.05, 0.1) is 29.4 Å². The van der Waals surface area contributed by atoms with Crippen LogP contribution in [0.3, 0.4) is 0 Å². The zero-order chi connectivity index (χ0) is 30.1. The van der Waals surface area contributed by atoms with Crippen molar-refractivity contribution >= 4 is 22.5 Å². The second-order valence-electron chi connectivity index (χ2n) is 11.2. The lowest BCUT2D eigenvalue weighted by Crippen LogP contribution is -2.46. The Labute approximate surface area is 245 Å². The summed E-state index contributed by atoms with van der Waals surface area (Å²) in [6.45, 7) is 0.963. The molecule has 3 aromatic heterocycles. The van der Waals surface area contributed by atoms with Gasteiger partial charge >= 0.3 is 6.18 Å². The number of hydrogen-bond acceptors (Lipinski definition) is 7. The van der Waals surface area contributed by atoms with E-state index in [1.807, 2.05) is 22.7 Å². The normalized spacial score (nSPS) is 20.5. The van der Waals surface area contributed by atoms with Crippen LogP contribution in [0.2, 0.25) is 0 Å². The molecule has 2 N–H and O–H groups in total. The number of carbonyl (C=O) groups is 1. The summed E-state index contributed by atoms with van der Waals surface area (Å²) in [4.78, 5) is 19.0. The smallest absolute Gasteiger partial charge is 0.381 e. The third-order valence-electron chi connectivity index (χ3n) is 8.05. The van der Waals surface area contributed by atoms with E-state index in [2.05, 4.69) is 20.8 Å². The predicted molar refractivity (Wildman–Crippen MR) is 150 cm³/mol. The van der Waals surface area contributed by atoms with Gasteiger partial charge in [0.15, 0.2) is 0 Å². The van der Waals surface area contributed by atoms with Crippen LogP contribution in [0.15, 0.2) is 47.2 Å². The summed E-state index contributed by atoms with van der Waals surface area (Å²) in [5.41, 5.74) is 1.39. The van der Waals surface area contributed by atoms with Crippen molar-refractivity contribution in [2.24, 2.45) is 0 Å². The SMILES string of the molecule is CN1CC[C@@H](Nc2cccc3c2cc(-c2noc(CNC(=O)c4ccn(C5CCOCC5)c4)n2)n3CC(F)(F)F)[C@@H](F)C1. The number of hydrogen-bond donors (Lipinski definition) is 2. The number of carbonyl (C=O) groups excluding carboxylic acids is 1. The zero-order valence-corrected chi connectivity index (χ0v) is 23.6. The summed E-state index contributed by atoms with van der Waals surface area (Å²) in [6, 6.07) is 8.02. The molecule has 4 aromatic rings. The summed E-state index contributed by atoms with van der Waals surface area (Å²) in [6.07, 6.45) is 0.297. The maximum atomic E-state index is 14.8. The van der Waals surface area contributed by atoms with Crippen LogP contribution in [0, 0.1) is 0 Å². The molecule has 43 heavy (non-hydrogen) atoms. The highest BCUT2D eigenvalue weighted by Gasteiger charge is 2.32. The Bertz CT molecular complexity index is 1570. The van der Waals surface area contributed by atoms with E-state index in [9.17, 15) is 22.4 Å². The Morgan fingerprint density at radius 1 is 1.16 bits per heavy atom. The first-order chi connectivity index (χ1) is 20.6. The van der Waals surface area contributed by atoms with Crippen molar-refractivity contribution in [3.8, 4) is 11.5 Å². The minimum Gasteiger partial charge on any atom is -0.381 e. The van der Waals surface area contributed by atoms with Gasteiger partial charge in [0.2, 0.25) is 11.7 Å². The number of rotatable bonds is 8. The molecule has 230 valence electrons. The fraction of sp³-hybridized carbons (Fsp3) is 0.483. The van der Waals surface area contributed by atoms with Gasteiger partial charge in [-0.25, -0.2) is 4.39 Å². The molecule has 0 bridgehead atoms. The van der Waals surface area contributed by atoms with Gasteiger partial charge in [-0.2, -0.15) is 18.2 Å². The quantitative estimate of drug-likeness (QED) is 0.279. The largest absolute Gasteiger partial charge is 0.406 e. The number of alkyl halides is 4. The third kappa shape index (κ3) is 6.54. The number of amides is 1. The van der Waals surface area contributed by atoms with Gasteiger partial charge in [0.1, 0.15) is 12.7 Å². The van der Waals surface area contributed by atoms with Crippen LogP contribution in [0.1, 0.15) is 41.6 Å². The average molecular weight is 604 g/mol. The minimum absolute atomic E-state index is 0.0426. The molecule has 2 atom stereocenters. The van der Waals surface area contributed by atoms with E-state index < -0.39 is 24.9 Å². The molecule has 2 saturated heterocycles. The molecule has 0 spiro atoms. The number of aromatic nitrogens is 4. The molecule has 5 heterocycles. The molecule has 2 aliphatic rings. The van der Waals surface area contributed by atoms with Gasteiger partial charge in [0, 0.05) is 55.8 Å². The van der Waals surface area contributed by atoms with E-state index in [1.54, 1.807) is 36.5 Å². The van der Waals surface area contributed by atoms with Crippen LogP contribution in [-0.2, 0) is 17.8 Å². The third-order valence-corrected chi connectivity index (χ3v) is 8.05. The second kappa shape index (κ2) is 12.0. The molecular weight excluding hydrogens is 570 g/mol. The molecule has 6 rings (SSSR count). The van der Waals surface area contributed by atoms with Gasteiger partial charge in [-0.15, -0.1) is 0 Å². The average Bonchev–Trinajstić information content (AvgIpc) is 3.73. The van der Waals surface area contributed by atoms with Crippen LogP contribution >= 0.6 is 0 Å². The highest BCUT2D eigenvalue weighted by atomic mass is 19.4. The molecule has 0 radical (unpaired) electrons. The highest BCUT2D eigenvalue weighted by Crippen LogP contribution is 2.35. The van der Waals surface area contributed by atoms with Gasteiger partial charge in [-0.05, 0) is 50.6 Å². The summed E-state index contributed by atoms with van der Waals surface area (Å²) < 4.78 is 69.6. The maximum Gasteiger partial charge on any atom is 0.406 e. The van der Waals surface area contributed by atoms with Crippen molar-refractivity contribution in [3.05, 3.63) is 54.2 Å². The summed E-state index contributed by atoms with van der Waals surface area (Å²) in [5.74, 6) is -0.350. The van der Waals surface area contributed by atoms with Crippen molar-refractivity contribution in [2.45, 2.75) is 56.8 Å². The lowest BCUT2D eigenvalue weighted by Gasteiger charge is -2.33. The van der Waals surface area contributed by atoms with E-state index in [1.165, 1.54) is 0 Å². The fourth-order valence-electron chi connectivity index (χ4n) is 5.81. The molecule has 0 unspecified atom stereocenters. The van der Waals surface area contributed by atoms with Crippen molar-refractivity contribution in [3.63, 3.8) is 0 Å². The predicted octanol–water partition coefficient (Wildman–Crippen LogP) is 4.79. The van der Waals surface area contributed by atoms with Crippen molar-refractivity contribution in [1.29, 1.82) is 0 Å². The summed E-state index contributed by atoms with van der Waals surface area (Å²) >= 11 is 0. The first-order valence-electron chi connectivity index (χ1n) is 14.3. The van der Waals surface area contributed by atoms with E-state index in [-0.39, 0.29) is 42.4 Å². The highest BCUT2D eigenvalue weighted by molar-refractivity contribution is 5.96. The van der Waals surface area contributed by atoms with Crippen molar-refractivity contribution < 1.29 is 31.6 Å². The molecule has 14 heteroatoms. The van der Waals surface area contributed by atoms with E-state index in [4.69, 9.17) is 9.26 Å². The lowest BCUT2D eigenvalue weighted by molar-refractivity contribution is -0.139. The van der Waals surface area contributed by atoms with Gasteiger partial charge in [0.25, 0.3) is 5.91 Å². The lowest BCUT2D eigenvalue weighted by atomic mass is 10.0. The Kier molecular flexibility index (Phi) is 8.14. The number of likely N-dealkylation sites (tertiary alicyclic amines) is 1. The van der Waals surface area contributed by atoms with E-state index >= 15 is 0 Å². The summed E-state index contributed by atoms with van der Waals surface area (Å²) in [5, 5.41) is 10.4. The van der Waals surface area contributed by atoms with Gasteiger partial charge in [-0.3, -0.25) is 4.79 Å². The van der Waals surface area contributed by atoms with E-state index in [0.717, 1.165) is 17.4 Å². The number of ether oxygens (including phenoxy) is 1. The van der Waals surface area contributed by atoms with Gasteiger partial charge < -0.3 is 33.9 Å². The van der Waals surface area contributed by atoms with Crippen LogP contribution in [0.5, 0.6) is 0 Å². The zero-order valence-electron chi connectivity index (χ0n) is 23.6. The first-order valence-corrected chi connectivity index (χ1v) is 14.3. The molecule has 2 aliphatic heterocycles. The minimum atomic E-state index is -4.52. The number of benzene rings is 1. The Morgan fingerprint density at radius 3 is 2.74 bits per heavy atom. The molecule has 10 nitrogen and oxygen atoms in total. The molecular formula is C29H33F4N7O3. The molecule has 2 fully saturated rings.